The molecule has 0 saturated heterocycles. The first-order chi connectivity index (χ1) is 13.6. The predicted molar refractivity (Wildman–Crippen MR) is 106 cm³/mol. The highest BCUT2D eigenvalue weighted by Gasteiger charge is 2.26. The summed E-state index contributed by atoms with van der Waals surface area (Å²) in [7, 11) is -3.79. The summed E-state index contributed by atoms with van der Waals surface area (Å²) in [5.74, 6) is 2.32. The van der Waals surface area contributed by atoms with Crippen LogP contribution in [0.1, 0.15) is 18.3 Å². The summed E-state index contributed by atoms with van der Waals surface area (Å²) in [4.78, 5) is 0.125. The van der Waals surface area contributed by atoms with Crippen molar-refractivity contribution in [2.24, 2.45) is 0 Å². The fraction of sp³-hybridized carbons (Fsp3) is 0.333. The number of fused-ring (bicyclic) bond motifs is 2. The molecule has 0 bridgehead atoms. The molecule has 1 aliphatic rings. The van der Waals surface area contributed by atoms with Gasteiger partial charge in [-0.2, -0.15) is 11.8 Å². The SMILES string of the molecule is CSCCC(NS(=O)(=O)c1ccc2c(c1)OCCO2)c1nnc2ccccn12. The minimum absolute atomic E-state index is 0.125. The fourth-order valence-corrected chi connectivity index (χ4v) is 4.73. The second-order valence-corrected chi connectivity index (χ2v) is 8.95. The van der Waals surface area contributed by atoms with Crippen molar-refractivity contribution in [3.8, 4) is 11.5 Å². The predicted octanol–water partition coefficient (Wildman–Crippen LogP) is 2.27. The van der Waals surface area contributed by atoms with Crippen molar-refractivity contribution in [2.45, 2.75) is 17.4 Å². The zero-order valence-corrected chi connectivity index (χ0v) is 16.9. The topological polar surface area (TPSA) is 94.8 Å². The van der Waals surface area contributed by atoms with Crippen LogP contribution in [0.2, 0.25) is 0 Å². The third kappa shape index (κ3) is 3.80. The molecule has 0 spiro atoms. The first-order valence-electron chi connectivity index (χ1n) is 8.79. The zero-order chi connectivity index (χ0) is 19.6. The van der Waals surface area contributed by atoms with E-state index >= 15 is 0 Å². The van der Waals surface area contributed by atoms with E-state index in [2.05, 4.69) is 14.9 Å². The molecule has 2 aromatic heterocycles. The molecule has 3 heterocycles. The summed E-state index contributed by atoms with van der Waals surface area (Å²) in [6.07, 6.45) is 4.39. The number of hydrogen-bond acceptors (Lipinski definition) is 7. The second-order valence-electron chi connectivity index (χ2n) is 6.25. The number of hydrogen-bond donors (Lipinski definition) is 1. The minimum atomic E-state index is -3.79. The van der Waals surface area contributed by atoms with Gasteiger partial charge in [0.1, 0.15) is 13.2 Å². The van der Waals surface area contributed by atoms with Crippen LogP contribution in [0.3, 0.4) is 0 Å². The van der Waals surface area contributed by atoms with Gasteiger partial charge in [-0.25, -0.2) is 13.1 Å². The van der Waals surface area contributed by atoms with E-state index in [0.717, 1.165) is 5.75 Å². The quantitative estimate of drug-likeness (QED) is 0.626. The number of rotatable bonds is 7. The van der Waals surface area contributed by atoms with Gasteiger partial charge in [0.2, 0.25) is 10.0 Å². The van der Waals surface area contributed by atoms with Crippen LogP contribution in [0.25, 0.3) is 5.65 Å². The largest absolute Gasteiger partial charge is 0.486 e. The molecule has 28 heavy (non-hydrogen) atoms. The Labute approximate surface area is 167 Å². The molecule has 1 unspecified atom stereocenters. The van der Waals surface area contributed by atoms with E-state index in [1.165, 1.54) is 12.1 Å². The number of benzene rings is 1. The van der Waals surface area contributed by atoms with Crippen molar-refractivity contribution < 1.29 is 17.9 Å². The van der Waals surface area contributed by atoms with Gasteiger partial charge < -0.3 is 9.47 Å². The maximum Gasteiger partial charge on any atom is 0.241 e. The Morgan fingerprint density at radius 2 is 2.00 bits per heavy atom. The Morgan fingerprint density at radius 1 is 1.18 bits per heavy atom. The van der Waals surface area contributed by atoms with Gasteiger partial charge in [0, 0.05) is 12.3 Å². The Bertz CT molecular complexity index is 1080. The van der Waals surface area contributed by atoms with E-state index in [1.807, 2.05) is 30.7 Å². The minimum Gasteiger partial charge on any atom is -0.486 e. The lowest BCUT2D eigenvalue weighted by Gasteiger charge is -2.20. The molecule has 0 fully saturated rings. The van der Waals surface area contributed by atoms with E-state index in [4.69, 9.17) is 9.47 Å². The summed E-state index contributed by atoms with van der Waals surface area (Å²) < 4.78 is 41.7. The van der Waals surface area contributed by atoms with E-state index in [0.29, 0.717) is 42.6 Å². The lowest BCUT2D eigenvalue weighted by atomic mass is 10.2. The van der Waals surface area contributed by atoms with Crippen molar-refractivity contribution in [3.05, 3.63) is 48.4 Å². The lowest BCUT2D eigenvalue weighted by molar-refractivity contribution is 0.171. The van der Waals surface area contributed by atoms with Gasteiger partial charge in [-0.3, -0.25) is 4.40 Å². The molecule has 3 aromatic rings. The Balaban J connectivity index is 1.66. The highest BCUT2D eigenvalue weighted by atomic mass is 32.2. The van der Waals surface area contributed by atoms with Crippen LogP contribution >= 0.6 is 11.8 Å². The molecule has 10 heteroatoms. The summed E-state index contributed by atoms with van der Waals surface area (Å²) in [5, 5.41) is 8.37. The Morgan fingerprint density at radius 3 is 2.82 bits per heavy atom. The first kappa shape index (κ1) is 19.0. The van der Waals surface area contributed by atoms with E-state index in [9.17, 15) is 8.42 Å². The molecule has 0 radical (unpaired) electrons. The van der Waals surface area contributed by atoms with Gasteiger partial charge in [-0.05, 0) is 42.7 Å². The standard InChI is InChI=1S/C18H20N4O4S2/c1-27-11-7-14(18-20-19-17-4-2-3-8-22(17)18)21-28(23,24)13-5-6-15-16(12-13)26-10-9-25-15/h2-6,8,12,14,21H,7,9-11H2,1H3. The lowest BCUT2D eigenvalue weighted by Crippen LogP contribution is -2.30. The Kier molecular flexibility index (Phi) is 5.42. The third-order valence-electron chi connectivity index (χ3n) is 4.38. The van der Waals surface area contributed by atoms with Crippen LogP contribution in [0, 0.1) is 0 Å². The van der Waals surface area contributed by atoms with Crippen LogP contribution in [0.15, 0.2) is 47.5 Å². The molecule has 8 nitrogen and oxygen atoms in total. The van der Waals surface area contributed by atoms with Gasteiger partial charge in [0.25, 0.3) is 0 Å². The van der Waals surface area contributed by atoms with Crippen molar-refractivity contribution in [3.63, 3.8) is 0 Å². The summed E-state index contributed by atoms with van der Waals surface area (Å²) >= 11 is 1.64. The van der Waals surface area contributed by atoms with Crippen LogP contribution < -0.4 is 14.2 Å². The summed E-state index contributed by atoms with van der Waals surface area (Å²) in [6, 6.07) is 9.67. The number of sulfonamides is 1. The van der Waals surface area contributed by atoms with Gasteiger partial charge >= 0.3 is 0 Å². The number of nitrogens with zero attached hydrogens (tertiary/aromatic N) is 3. The first-order valence-corrected chi connectivity index (χ1v) is 11.7. The maximum atomic E-state index is 13.1. The van der Waals surface area contributed by atoms with Crippen molar-refractivity contribution in [2.75, 3.05) is 25.2 Å². The number of nitrogens with one attached hydrogen (secondary N) is 1. The molecule has 1 aromatic carbocycles. The smallest absolute Gasteiger partial charge is 0.241 e. The molecule has 0 aliphatic carbocycles. The molecule has 4 rings (SSSR count). The summed E-state index contributed by atoms with van der Waals surface area (Å²) in [5.41, 5.74) is 0.671. The highest BCUT2D eigenvalue weighted by Crippen LogP contribution is 2.32. The van der Waals surface area contributed by atoms with Crippen LogP contribution in [-0.2, 0) is 10.0 Å². The maximum absolute atomic E-state index is 13.1. The molecule has 0 saturated carbocycles. The third-order valence-corrected chi connectivity index (χ3v) is 6.50. The molecular formula is C18H20N4O4S2. The average molecular weight is 421 g/mol. The Hall–Kier alpha value is -2.30. The number of pyridine rings is 1. The van der Waals surface area contributed by atoms with Gasteiger partial charge in [0.15, 0.2) is 23.0 Å². The van der Waals surface area contributed by atoms with E-state index < -0.39 is 16.1 Å². The number of ether oxygens (including phenoxy) is 2. The zero-order valence-electron chi connectivity index (χ0n) is 15.2. The monoisotopic (exact) mass is 420 g/mol. The average Bonchev–Trinajstić information content (AvgIpc) is 3.15. The van der Waals surface area contributed by atoms with Gasteiger partial charge in [-0.1, -0.05) is 6.07 Å². The van der Waals surface area contributed by atoms with Crippen molar-refractivity contribution >= 4 is 27.4 Å². The molecular weight excluding hydrogens is 400 g/mol. The van der Waals surface area contributed by atoms with Gasteiger partial charge in [-0.15, -0.1) is 10.2 Å². The summed E-state index contributed by atoms with van der Waals surface area (Å²) in [6.45, 7) is 0.847. The molecule has 148 valence electrons. The fourth-order valence-electron chi connectivity index (χ4n) is 3.02. The molecule has 1 atom stereocenters. The van der Waals surface area contributed by atoms with Gasteiger partial charge in [0.05, 0.1) is 10.9 Å². The van der Waals surface area contributed by atoms with Crippen molar-refractivity contribution in [1.82, 2.24) is 19.3 Å². The van der Waals surface area contributed by atoms with Crippen LogP contribution in [-0.4, -0.2) is 48.2 Å². The van der Waals surface area contributed by atoms with E-state index in [1.54, 1.807) is 22.2 Å². The molecule has 1 aliphatic heterocycles. The molecule has 1 N–H and O–H groups in total. The number of aromatic nitrogens is 3. The van der Waals surface area contributed by atoms with Crippen molar-refractivity contribution in [1.29, 1.82) is 0 Å². The highest BCUT2D eigenvalue weighted by molar-refractivity contribution is 7.98. The van der Waals surface area contributed by atoms with Crippen LogP contribution in [0.5, 0.6) is 11.5 Å². The second kappa shape index (κ2) is 7.98. The normalized spacial score (nSPS) is 14.9. The number of thioether (sulfide) groups is 1. The molecule has 0 amide bonds. The van der Waals surface area contributed by atoms with Crippen LogP contribution in [0.4, 0.5) is 0 Å². The van der Waals surface area contributed by atoms with E-state index in [-0.39, 0.29) is 4.90 Å².